The van der Waals surface area contributed by atoms with Gasteiger partial charge in [0.1, 0.15) is 12.4 Å². The normalized spacial score (nSPS) is 11.0. The molecule has 0 aliphatic rings. The summed E-state index contributed by atoms with van der Waals surface area (Å²) in [5, 5.41) is 0.958. The van der Waals surface area contributed by atoms with Crippen molar-refractivity contribution in [3.63, 3.8) is 0 Å². The molecule has 5 nitrogen and oxygen atoms in total. The van der Waals surface area contributed by atoms with E-state index in [1.54, 1.807) is 6.07 Å². The zero-order valence-electron chi connectivity index (χ0n) is 10.1. The molecule has 2 N–H and O–H groups in total. The van der Waals surface area contributed by atoms with Crippen molar-refractivity contribution in [1.82, 2.24) is 14.9 Å². The lowest BCUT2D eigenvalue weighted by Gasteiger charge is -2.10. The Morgan fingerprint density at radius 1 is 1.18 bits per heavy atom. The molecule has 0 aromatic carbocycles. The average Bonchev–Trinajstić information content (AvgIpc) is 2.28. The van der Waals surface area contributed by atoms with Gasteiger partial charge in [-0.05, 0) is 32.3 Å². The SMILES string of the molecule is CN(C)CCOc1ccc2ccc(N)nc2n1. The first-order valence-electron chi connectivity index (χ1n) is 5.46. The quantitative estimate of drug-likeness (QED) is 0.856. The first-order valence-corrected chi connectivity index (χ1v) is 5.46. The Hall–Kier alpha value is -1.88. The van der Waals surface area contributed by atoms with Crippen molar-refractivity contribution in [2.45, 2.75) is 0 Å². The Labute approximate surface area is 100 Å². The molecule has 0 unspecified atom stereocenters. The van der Waals surface area contributed by atoms with Crippen molar-refractivity contribution in [3.8, 4) is 5.88 Å². The van der Waals surface area contributed by atoms with Gasteiger partial charge >= 0.3 is 0 Å². The summed E-state index contributed by atoms with van der Waals surface area (Å²) in [6, 6.07) is 7.43. The first kappa shape index (κ1) is 11.6. The summed E-state index contributed by atoms with van der Waals surface area (Å²) in [4.78, 5) is 10.5. The van der Waals surface area contributed by atoms with Crippen molar-refractivity contribution in [2.24, 2.45) is 0 Å². The van der Waals surface area contributed by atoms with Crippen LogP contribution < -0.4 is 10.5 Å². The van der Waals surface area contributed by atoms with Gasteiger partial charge in [0.2, 0.25) is 5.88 Å². The molecule has 0 bridgehead atoms. The van der Waals surface area contributed by atoms with Crippen molar-refractivity contribution >= 4 is 16.9 Å². The Morgan fingerprint density at radius 3 is 2.71 bits per heavy atom. The zero-order valence-corrected chi connectivity index (χ0v) is 10.1. The Morgan fingerprint density at radius 2 is 1.94 bits per heavy atom. The van der Waals surface area contributed by atoms with Crippen LogP contribution in [0.2, 0.25) is 0 Å². The van der Waals surface area contributed by atoms with Crippen LogP contribution in [0.3, 0.4) is 0 Å². The number of likely N-dealkylation sites (N-methyl/N-ethyl adjacent to an activating group) is 1. The smallest absolute Gasteiger partial charge is 0.215 e. The van der Waals surface area contributed by atoms with Crippen molar-refractivity contribution in [3.05, 3.63) is 24.3 Å². The van der Waals surface area contributed by atoms with Crippen molar-refractivity contribution < 1.29 is 4.74 Å². The number of ether oxygens (including phenoxy) is 1. The average molecular weight is 232 g/mol. The van der Waals surface area contributed by atoms with E-state index < -0.39 is 0 Å². The van der Waals surface area contributed by atoms with Gasteiger partial charge in [0.05, 0.1) is 0 Å². The molecule has 0 saturated carbocycles. The molecule has 17 heavy (non-hydrogen) atoms. The number of fused-ring (bicyclic) bond motifs is 1. The summed E-state index contributed by atoms with van der Waals surface area (Å²) in [6.07, 6.45) is 0. The number of hydrogen-bond acceptors (Lipinski definition) is 5. The third kappa shape index (κ3) is 3.04. The summed E-state index contributed by atoms with van der Waals surface area (Å²) < 4.78 is 5.53. The third-order valence-corrected chi connectivity index (χ3v) is 2.34. The predicted octanol–water partition coefficient (Wildman–Crippen LogP) is 1.15. The molecule has 2 aromatic rings. The van der Waals surface area contributed by atoms with Gasteiger partial charge in [0.25, 0.3) is 0 Å². The van der Waals surface area contributed by atoms with E-state index in [-0.39, 0.29) is 0 Å². The number of pyridine rings is 2. The van der Waals surface area contributed by atoms with Crippen LogP contribution in [-0.2, 0) is 0 Å². The number of nitrogens with two attached hydrogens (primary N) is 1. The van der Waals surface area contributed by atoms with E-state index in [0.717, 1.165) is 11.9 Å². The van der Waals surface area contributed by atoms with Gasteiger partial charge in [-0.1, -0.05) is 0 Å². The fourth-order valence-corrected chi connectivity index (χ4v) is 1.41. The summed E-state index contributed by atoms with van der Waals surface area (Å²) in [5.74, 6) is 1.05. The van der Waals surface area contributed by atoms with Crippen LogP contribution >= 0.6 is 0 Å². The zero-order chi connectivity index (χ0) is 12.3. The molecule has 0 radical (unpaired) electrons. The number of nitrogen functional groups attached to an aromatic ring is 1. The number of hydrogen-bond donors (Lipinski definition) is 1. The van der Waals surface area contributed by atoms with Crippen LogP contribution in [-0.4, -0.2) is 42.1 Å². The highest BCUT2D eigenvalue weighted by Crippen LogP contribution is 2.15. The molecular weight excluding hydrogens is 216 g/mol. The van der Waals surface area contributed by atoms with Crippen LogP contribution in [0.4, 0.5) is 5.82 Å². The van der Waals surface area contributed by atoms with Gasteiger partial charge in [-0.25, -0.2) is 4.98 Å². The van der Waals surface area contributed by atoms with E-state index in [0.29, 0.717) is 24.0 Å². The highest BCUT2D eigenvalue weighted by molar-refractivity contribution is 5.76. The third-order valence-electron chi connectivity index (χ3n) is 2.34. The molecular formula is C12H16N4O. The second kappa shape index (κ2) is 4.97. The van der Waals surface area contributed by atoms with Gasteiger partial charge in [0, 0.05) is 18.0 Å². The fourth-order valence-electron chi connectivity index (χ4n) is 1.41. The number of rotatable bonds is 4. The predicted molar refractivity (Wildman–Crippen MR) is 68.0 cm³/mol. The lowest BCUT2D eigenvalue weighted by Crippen LogP contribution is -2.19. The van der Waals surface area contributed by atoms with E-state index in [9.17, 15) is 0 Å². The van der Waals surface area contributed by atoms with Gasteiger partial charge in [-0.2, -0.15) is 4.98 Å². The number of nitrogens with zero attached hydrogens (tertiary/aromatic N) is 3. The van der Waals surface area contributed by atoms with Crippen molar-refractivity contribution in [2.75, 3.05) is 33.0 Å². The monoisotopic (exact) mass is 232 g/mol. The summed E-state index contributed by atoms with van der Waals surface area (Å²) in [7, 11) is 4.00. The van der Waals surface area contributed by atoms with E-state index in [1.165, 1.54) is 0 Å². The van der Waals surface area contributed by atoms with Crippen LogP contribution in [0.15, 0.2) is 24.3 Å². The highest BCUT2D eigenvalue weighted by atomic mass is 16.5. The first-order chi connectivity index (χ1) is 8.15. The molecule has 0 amide bonds. The minimum Gasteiger partial charge on any atom is -0.476 e. The maximum atomic E-state index is 5.62. The standard InChI is InChI=1S/C12H16N4O/c1-16(2)7-8-17-11-6-4-9-3-5-10(13)14-12(9)15-11/h3-6H,7-8H2,1-2H3,(H2,13,14,15). The van der Waals surface area contributed by atoms with Crippen LogP contribution in [0, 0.1) is 0 Å². The van der Waals surface area contributed by atoms with E-state index in [4.69, 9.17) is 10.5 Å². The Bertz CT molecular complexity index is 513. The van der Waals surface area contributed by atoms with Crippen LogP contribution in [0.25, 0.3) is 11.0 Å². The molecule has 0 atom stereocenters. The highest BCUT2D eigenvalue weighted by Gasteiger charge is 2.01. The molecule has 0 spiro atoms. The Balaban J connectivity index is 2.13. The van der Waals surface area contributed by atoms with Crippen molar-refractivity contribution in [1.29, 1.82) is 0 Å². The van der Waals surface area contributed by atoms with Crippen LogP contribution in [0.1, 0.15) is 0 Å². The summed E-state index contributed by atoms with van der Waals surface area (Å²) in [5.41, 5.74) is 6.23. The largest absolute Gasteiger partial charge is 0.476 e. The lowest BCUT2D eigenvalue weighted by atomic mass is 10.3. The van der Waals surface area contributed by atoms with Crippen LogP contribution in [0.5, 0.6) is 5.88 Å². The minimum atomic E-state index is 0.468. The molecule has 0 saturated heterocycles. The van der Waals surface area contributed by atoms with E-state index in [2.05, 4.69) is 14.9 Å². The molecule has 2 rings (SSSR count). The fraction of sp³-hybridized carbons (Fsp3) is 0.333. The van der Waals surface area contributed by atoms with Gasteiger partial charge in [-0.3, -0.25) is 0 Å². The molecule has 0 fully saturated rings. The summed E-state index contributed by atoms with van der Waals surface area (Å²) >= 11 is 0. The second-order valence-corrected chi connectivity index (χ2v) is 4.08. The Kier molecular flexibility index (Phi) is 3.39. The molecule has 2 aromatic heterocycles. The molecule has 0 aliphatic heterocycles. The molecule has 0 aliphatic carbocycles. The lowest BCUT2D eigenvalue weighted by molar-refractivity contribution is 0.254. The maximum absolute atomic E-state index is 5.62. The number of aromatic nitrogens is 2. The maximum Gasteiger partial charge on any atom is 0.215 e. The minimum absolute atomic E-state index is 0.468. The second-order valence-electron chi connectivity index (χ2n) is 4.08. The topological polar surface area (TPSA) is 64.3 Å². The molecule has 5 heteroatoms. The van der Waals surface area contributed by atoms with E-state index in [1.807, 2.05) is 32.3 Å². The number of anilines is 1. The van der Waals surface area contributed by atoms with Gasteiger partial charge < -0.3 is 15.4 Å². The van der Waals surface area contributed by atoms with Gasteiger partial charge in [-0.15, -0.1) is 0 Å². The molecule has 2 heterocycles. The van der Waals surface area contributed by atoms with Gasteiger partial charge in [0.15, 0.2) is 5.65 Å². The summed E-state index contributed by atoms with van der Waals surface area (Å²) in [6.45, 7) is 1.46. The van der Waals surface area contributed by atoms with E-state index >= 15 is 0 Å². The molecule has 90 valence electrons.